The van der Waals surface area contributed by atoms with Gasteiger partial charge in [-0.2, -0.15) is 8.78 Å². The molecule has 0 aromatic carbocycles. The second-order valence-corrected chi connectivity index (χ2v) is 7.22. The van der Waals surface area contributed by atoms with Gasteiger partial charge in [0.25, 0.3) is 5.89 Å². The first-order valence-corrected chi connectivity index (χ1v) is 9.16. The molecule has 0 saturated carbocycles. The summed E-state index contributed by atoms with van der Waals surface area (Å²) in [5.74, 6) is -0.380. The second-order valence-electron chi connectivity index (χ2n) is 7.22. The van der Waals surface area contributed by atoms with Gasteiger partial charge in [-0.25, -0.2) is 4.68 Å². The molecule has 11 heteroatoms. The molecule has 0 aliphatic carbocycles. The highest BCUT2D eigenvalue weighted by molar-refractivity contribution is 5.79. The van der Waals surface area contributed by atoms with Crippen molar-refractivity contribution in [1.29, 1.82) is 0 Å². The predicted molar refractivity (Wildman–Crippen MR) is 95.8 cm³/mol. The van der Waals surface area contributed by atoms with Gasteiger partial charge >= 0.3 is 6.43 Å². The van der Waals surface area contributed by atoms with E-state index in [1.165, 1.54) is 6.20 Å². The third-order valence-corrected chi connectivity index (χ3v) is 4.68. The summed E-state index contributed by atoms with van der Waals surface area (Å²) in [4.78, 5) is 18.1. The van der Waals surface area contributed by atoms with Gasteiger partial charge in [0.05, 0.1) is 23.5 Å². The third-order valence-electron chi connectivity index (χ3n) is 4.68. The molecule has 0 radical (unpaired) electrons. The Labute approximate surface area is 164 Å². The number of nitrogens with zero attached hydrogens (tertiary/aromatic N) is 7. The van der Waals surface area contributed by atoms with E-state index in [-0.39, 0.29) is 23.6 Å². The van der Waals surface area contributed by atoms with Crippen molar-refractivity contribution in [1.82, 2.24) is 35.1 Å². The summed E-state index contributed by atoms with van der Waals surface area (Å²) in [6.45, 7) is 5.50. The zero-order valence-electron chi connectivity index (χ0n) is 15.9. The van der Waals surface area contributed by atoms with E-state index in [1.807, 2.05) is 24.9 Å². The lowest BCUT2D eigenvalue weighted by atomic mass is 9.95. The number of hydrogen-bond donors (Lipinski definition) is 0. The molecule has 3 aromatic rings. The lowest BCUT2D eigenvalue weighted by molar-refractivity contribution is -0.139. The van der Waals surface area contributed by atoms with Gasteiger partial charge in [0.1, 0.15) is 0 Å². The Balaban J connectivity index is 1.36. The maximum Gasteiger partial charge on any atom is 0.314 e. The van der Waals surface area contributed by atoms with E-state index >= 15 is 0 Å². The zero-order chi connectivity index (χ0) is 20.5. The van der Waals surface area contributed by atoms with Crippen LogP contribution in [-0.4, -0.2) is 54.1 Å². The van der Waals surface area contributed by atoms with Crippen LogP contribution in [0.15, 0.2) is 28.9 Å². The fraction of sp³-hybridized carbons (Fsp3) is 0.444. The molecule has 0 atom stereocenters. The van der Waals surface area contributed by atoms with Crippen LogP contribution in [0.1, 0.15) is 43.5 Å². The van der Waals surface area contributed by atoms with Gasteiger partial charge in [-0.15, -0.1) is 15.3 Å². The van der Waals surface area contributed by atoms with Gasteiger partial charge in [0.15, 0.2) is 0 Å². The number of carbonyl (C=O) groups excluding carboxylic acids is 1. The Morgan fingerprint density at radius 1 is 1.24 bits per heavy atom. The van der Waals surface area contributed by atoms with Crippen LogP contribution < -0.4 is 0 Å². The summed E-state index contributed by atoms with van der Waals surface area (Å²) in [6.07, 6.45) is 0.526. The van der Waals surface area contributed by atoms with Crippen LogP contribution in [0.4, 0.5) is 8.78 Å². The van der Waals surface area contributed by atoms with Crippen molar-refractivity contribution in [3.05, 3.63) is 41.8 Å². The molecule has 0 unspecified atom stereocenters. The molecule has 0 spiro atoms. The van der Waals surface area contributed by atoms with Gasteiger partial charge < -0.3 is 9.32 Å². The molecule has 1 aliphatic heterocycles. The minimum absolute atomic E-state index is 0.00482. The zero-order valence-corrected chi connectivity index (χ0v) is 15.9. The number of likely N-dealkylation sites (tertiary alicyclic amines) is 1. The quantitative estimate of drug-likeness (QED) is 0.622. The number of carbonyl (C=O) groups is 1. The van der Waals surface area contributed by atoms with Crippen LogP contribution in [0.2, 0.25) is 0 Å². The highest BCUT2D eigenvalue weighted by Crippen LogP contribution is 2.27. The summed E-state index contributed by atoms with van der Waals surface area (Å²) in [5.41, 5.74) is 2.01. The minimum Gasteiger partial charge on any atom is -0.415 e. The molecule has 1 saturated heterocycles. The topological polar surface area (TPSA) is 103 Å². The van der Waals surface area contributed by atoms with E-state index < -0.39 is 12.3 Å². The molecular formula is C18H19F2N7O2. The van der Waals surface area contributed by atoms with Crippen molar-refractivity contribution >= 4 is 5.91 Å². The predicted octanol–water partition coefficient (Wildman–Crippen LogP) is 2.29. The monoisotopic (exact) mass is 403 g/mol. The number of amides is 1. The summed E-state index contributed by atoms with van der Waals surface area (Å²) in [6, 6.07) is 3.40. The molecule has 4 rings (SSSR count). The first-order chi connectivity index (χ1) is 13.9. The number of alkyl halides is 2. The van der Waals surface area contributed by atoms with Gasteiger partial charge in [-0.1, -0.05) is 19.1 Å². The molecule has 152 valence electrons. The maximum atomic E-state index is 12.5. The molecule has 0 N–H and O–H groups in total. The lowest BCUT2D eigenvalue weighted by Crippen LogP contribution is -2.50. The fourth-order valence-corrected chi connectivity index (χ4v) is 3.04. The first-order valence-electron chi connectivity index (χ1n) is 9.16. The van der Waals surface area contributed by atoms with Crippen LogP contribution in [-0.2, 0) is 11.3 Å². The summed E-state index contributed by atoms with van der Waals surface area (Å²) in [7, 11) is 0. The van der Waals surface area contributed by atoms with Gasteiger partial charge in [-0.05, 0) is 12.1 Å². The smallest absolute Gasteiger partial charge is 0.314 e. The van der Waals surface area contributed by atoms with Gasteiger partial charge in [0, 0.05) is 37.3 Å². The molecular weight excluding hydrogens is 384 g/mol. The van der Waals surface area contributed by atoms with Crippen LogP contribution in [0.5, 0.6) is 0 Å². The molecule has 1 aliphatic rings. The number of halogens is 2. The van der Waals surface area contributed by atoms with Gasteiger partial charge in [0.2, 0.25) is 11.8 Å². The molecule has 29 heavy (non-hydrogen) atoms. The molecule has 9 nitrogen and oxygen atoms in total. The largest absolute Gasteiger partial charge is 0.415 e. The lowest BCUT2D eigenvalue weighted by Gasteiger charge is -2.39. The van der Waals surface area contributed by atoms with E-state index in [0.29, 0.717) is 30.9 Å². The molecule has 1 amide bonds. The number of rotatable bonds is 6. The average Bonchev–Trinajstić information content (AvgIpc) is 3.31. The standard InChI is InChI=1S/C18H19F2N7O2/c1-10(2)18(28)26-6-12(7-26)14-9-27(25-22-14)8-13-4-3-11(5-21-13)16-23-24-17(29-16)15(19)20/h3-5,9-10,12,15H,6-8H2,1-2H3. The highest BCUT2D eigenvalue weighted by Gasteiger charge is 2.34. The van der Waals surface area contributed by atoms with Crippen molar-refractivity contribution in [2.45, 2.75) is 32.7 Å². The van der Waals surface area contributed by atoms with Crippen LogP contribution in [0.3, 0.4) is 0 Å². The average molecular weight is 403 g/mol. The third kappa shape index (κ3) is 3.98. The van der Waals surface area contributed by atoms with Crippen molar-refractivity contribution in [2.75, 3.05) is 13.1 Å². The Hall–Kier alpha value is -3.24. The Morgan fingerprint density at radius 3 is 2.66 bits per heavy atom. The van der Waals surface area contributed by atoms with Crippen molar-refractivity contribution < 1.29 is 18.0 Å². The normalized spacial score (nSPS) is 14.6. The highest BCUT2D eigenvalue weighted by atomic mass is 19.3. The van der Waals surface area contributed by atoms with E-state index in [1.54, 1.807) is 16.8 Å². The van der Waals surface area contributed by atoms with Crippen molar-refractivity contribution in [2.24, 2.45) is 5.92 Å². The summed E-state index contributed by atoms with van der Waals surface area (Å²) in [5, 5.41) is 15.2. The van der Waals surface area contributed by atoms with E-state index in [0.717, 1.165) is 5.69 Å². The van der Waals surface area contributed by atoms with Gasteiger partial charge in [-0.3, -0.25) is 9.78 Å². The molecule has 1 fully saturated rings. The second kappa shape index (κ2) is 7.64. The summed E-state index contributed by atoms with van der Waals surface area (Å²) >= 11 is 0. The first kappa shape index (κ1) is 19.1. The number of aromatic nitrogens is 6. The Morgan fingerprint density at radius 2 is 2.03 bits per heavy atom. The Kier molecular flexibility index (Phi) is 5.03. The fourth-order valence-electron chi connectivity index (χ4n) is 3.04. The van der Waals surface area contributed by atoms with Crippen LogP contribution in [0.25, 0.3) is 11.5 Å². The molecule has 4 heterocycles. The number of hydrogen-bond acceptors (Lipinski definition) is 7. The number of pyridine rings is 1. The van der Waals surface area contributed by atoms with E-state index in [9.17, 15) is 13.6 Å². The summed E-state index contributed by atoms with van der Waals surface area (Å²) < 4.78 is 31.7. The SMILES string of the molecule is CC(C)C(=O)N1CC(c2cn(Cc3ccc(-c4nnc(C(F)F)o4)cn3)nn2)C1. The minimum atomic E-state index is -2.81. The van der Waals surface area contributed by atoms with Crippen LogP contribution in [0, 0.1) is 5.92 Å². The molecule has 0 bridgehead atoms. The maximum absolute atomic E-state index is 12.5. The van der Waals surface area contributed by atoms with E-state index in [2.05, 4.69) is 25.5 Å². The van der Waals surface area contributed by atoms with Crippen molar-refractivity contribution in [3.63, 3.8) is 0 Å². The molecule has 3 aromatic heterocycles. The van der Waals surface area contributed by atoms with E-state index in [4.69, 9.17) is 4.42 Å². The van der Waals surface area contributed by atoms with Crippen LogP contribution >= 0.6 is 0 Å². The van der Waals surface area contributed by atoms with Crippen molar-refractivity contribution in [3.8, 4) is 11.5 Å². The Bertz CT molecular complexity index is 994.